The molecular weight excluding hydrogens is 187 g/mol. The Labute approximate surface area is 64.4 Å². The average molecular weight is 198 g/mol. The Bertz CT molecular complexity index is 16.0. The van der Waals surface area contributed by atoms with Crippen LogP contribution in [0.5, 0.6) is 0 Å². The summed E-state index contributed by atoms with van der Waals surface area (Å²) < 4.78 is 0. The fourth-order valence-corrected chi connectivity index (χ4v) is 0. The molecule has 0 saturated heterocycles. The van der Waals surface area contributed by atoms with E-state index < -0.39 is 0 Å². The minimum Gasteiger partial charge on any atom is -0.412 e. The Balaban J connectivity index is -0.00000000750. The Morgan fingerprint density at radius 2 is 1.00 bits per heavy atom. The molecule has 0 fully saturated rings. The maximum atomic E-state index is 7.62. The van der Waals surface area contributed by atoms with Crippen molar-refractivity contribution in [3.63, 3.8) is 0 Å². The first-order valence-electron chi connectivity index (χ1n) is 1.13. The fourth-order valence-electron chi connectivity index (χ4n) is 0. The van der Waals surface area contributed by atoms with Gasteiger partial charge in [-0.05, 0) is 0 Å². The van der Waals surface area contributed by atoms with Crippen molar-refractivity contribution >= 4 is 12.4 Å². The number of aliphatic hydroxyl groups excluding tert-OH is 2. The largest absolute Gasteiger partial charge is 0.412 e. The van der Waals surface area contributed by atoms with Gasteiger partial charge in [-0.2, -0.15) is 0 Å². The SMILES string of the molecule is Cl.O.O.OCCO.[Cu]. The van der Waals surface area contributed by atoms with E-state index in [1.165, 1.54) is 0 Å². The van der Waals surface area contributed by atoms with Gasteiger partial charge < -0.3 is 21.2 Å². The van der Waals surface area contributed by atoms with Crippen LogP contribution in [0.25, 0.3) is 0 Å². The van der Waals surface area contributed by atoms with Crippen LogP contribution < -0.4 is 0 Å². The van der Waals surface area contributed by atoms with Crippen LogP contribution in [0.15, 0.2) is 0 Å². The second-order valence-electron chi connectivity index (χ2n) is 0.447. The third-order valence-electron chi connectivity index (χ3n) is 0.1000. The molecule has 0 aliphatic rings. The van der Waals surface area contributed by atoms with E-state index in [9.17, 15) is 0 Å². The van der Waals surface area contributed by atoms with Gasteiger partial charge in [0.25, 0.3) is 0 Å². The third-order valence-corrected chi connectivity index (χ3v) is 0.1000. The smallest absolute Gasteiger partial charge is 0.0662 e. The van der Waals surface area contributed by atoms with Gasteiger partial charge in [0.2, 0.25) is 0 Å². The van der Waals surface area contributed by atoms with Crippen LogP contribution >= 0.6 is 12.4 Å². The van der Waals surface area contributed by atoms with Gasteiger partial charge in [0, 0.05) is 17.1 Å². The van der Waals surface area contributed by atoms with Crippen molar-refractivity contribution in [1.29, 1.82) is 0 Å². The van der Waals surface area contributed by atoms with E-state index in [1.807, 2.05) is 0 Å². The summed E-state index contributed by atoms with van der Waals surface area (Å²) in [5.41, 5.74) is 0. The summed E-state index contributed by atoms with van der Waals surface area (Å²) in [7, 11) is 0. The average Bonchev–Trinajstić information content (AvgIpc) is 1.37. The molecule has 8 heavy (non-hydrogen) atoms. The maximum Gasteiger partial charge on any atom is 0.0662 e. The summed E-state index contributed by atoms with van der Waals surface area (Å²) in [4.78, 5) is 0. The van der Waals surface area contributed by atoms with Gasteiger partial charge in [0.1, 0.15) is 0 Å². The van der Waals surface area contributed by atoms with Gasteiger partial charge in [-0.3, -0.25) is 0 Å². The molecule has 0 spiro atoms. The molecule has 0 unspecified atom stereocenters. The number of aliphatic hydroxyl groups is 2. The number of halogens is 1. The summed E-state index contributed by atoms with van der Waals surface area (Å²) in [6.45, 7) is -0.250. The first-order chi connectivity index (χ1) is 1.91. The van der Waals surface area contributed by atoms with Crippen molar-refractivity contribution in [2.45, 2.75) is 0 Å². The molecule has 0 bridgehead atoms. The molecule has 0 amide bonds. The normalized spacial score (nSPS) is 3.75. The van der Waals surface area contributed by atoms with Crippen molar-refractivity contribution in [3.8, 4) is 0 Å². The maximum absolute atomic E-state index is 7.62. The van der Waals surface area contributed by atoms with Crippen molar-refractivity contribution in [1.82, 2.24) is 0 Å². The standard InChI is InChI=1S/C2H6O2.ClH.Cu.2H2O/c3-1-2-4;;;;/h3-4H,1-2H2;1H;;2*1H2. The van der Waals surface area contributed by atoms with Crippen LogP contribution in [0, 0.1) is 0 Å². The van der Waals surface area contributed by atoms with E-state index in [4.69, 9.17) is 10.2 Å². The Hall–Kier alpha value is 0.649. The molecule has 0 saturated carbocycles. The minimum atomic E-state index is -0.125. The van der Waals surface area contributed by atoms with Crippen LogP contribution in [0.3, 0.4) is 0 Å². The summed E-state index contributed by atoms with van der Waals surface area (Å²) in [6.07, 6.45) is 0. The zero-order chi connectivity index (χ0) is 3.41. The van der Waals surface area contributed by atoms with E-state index in [1.54, 1.807) is 0 Å². The Kier molecular flexibility index (Phi) is 229. The molecule has 0 aliphatic heterocycles. The van der Waals surface area contributed by atoms with E-state index in [2.05, 4.69) is 0 Å². The first-order valence-corrected chi connectivity index (χ1v) is 1.13. The van der Waals surface area contributed by atoms with E-state index in [0.29, 0.717) is 0 Å². The van der Waals surface area contributed by atoms with E-state index in [-0.39, 0.29) is 53.6 Å². The fraction of sp³-hybridized carbons (Fsp3) is 1.00. The number of hydrogen-bond acceptors (Lipinski definition) is 2. The molecular formula is C2H11ClCuO4. The van der Waals surface area contributed by atoms with Gasteiger partial charge in [0.15, 0.2) is 0 Å². The zero-order valence-electron chi connectivity index (χ0n) is 4.02. The van der Waals surface area contributed by atoms with Gasteiger partial charge in [-0.15, -0.1) is 12.4 Å². The van der Waals surface area contributed by atoms with Crippen molar-refractivity contribution < 1.29 is 38.2 Å². The molecule has 6 heteroatoms. The number of hydrogen-bond donors (Lipinski definition) is 2. The third kappa shape index (κ3) is 78.0. The summed E-state index contributed by atoms with van der Waals surface area (Å²) >= 11 is 0. The molecule has 6 N–H and O–H groups in total. The van der Waals surface area contributed by atoms with E-state index >= 15 is 0 Å². The van der Waals surface area contributed by atoms with Crippen molar-refractivity contribution in [2.24, 2.45) is 0 Å². The molecule has 0 aliphatic carbocycles. The molecule has 61 valence electrons. The molecule has 4 nitrogen and oxygen atoms in total. The van der Waals surface area contributed by atoms with E-state index in [0.717, 1.165) is 0 Å². The Morgan fingerprint density at radius 3 is 1.00 bits per heavy atom. The quantitative estimate of drug-likeness (QED) is 0.464. The molecule has 0 aromatic rings. The van der Waals surface area contributed by atoms with Crippen LogP contribution in [-0.4, -0.2) is 34.4 Å². The van der Waals surface area contributed by atoms with Gasteiger partial charge >= 0.3 is 0 Å². The molecule has 1 radical (unpaired) electrons. The van der Waals surface area contributed by atoms with Crippen LogP contribution in [0.2, 0.25) is 0 Å². The predicted molar refractivity (Wildman–Crippen MR) is 28.6 cm³/mol. The minimum absolute atomic E-state index is 0. The zero-order valence-corrected chi connectivity index (χ0v) is 5.78. The number of rotatable bonds is 1. The summed E-state index contributed by atoms with van der Waals surface area (Å²) in [6, 6.07) is 0. The first kappa shape index (κ1) is 38.0. The second-order valence-corrected chi connectivity index (χ2v) is 0.447. The summed E-state index contributed by atoms with van der Waals surface area (Å²) in [5.74, 6) is 0. The monoisotopic (exact) mass is 197 g/mol. The van der Waals surface area contributed by atoms with Gasteiger partial charge in [0.05, 0.1) is 13.2 Å². The summed E-state index contributed by atoms with van der Waals surface area (Å²) in [5, 5.41) is 15.2. The molecule has 0 atom stereocenters. The predicted octanol–water partition coefficient (Wildman–Crippen LogP) is -2.26. The van der Waals surface area contributed by atoms with Crippen molar-refractivity contribution in [2.75, 3.05) is 13.2 Å². The second kappa shape index (κ2) is 48.2. The Morgan fingerprint density at radius 1 is 0.875 bits per heavy atom. The molecule has 0 heterocycles. The van der Waals surface area contributed by atoms with Crippen LogP contribution in [0.1, 0.15) is 0 Å². The topological polar surface area (TPSA) is 103 Å². The van der Waals surface area contributed by atoms with Crippen LogP contribution in [0.4, 0.5) is 0 Å². The van der Waals surface area contributed by atoms with Gasteiger partial charge in [-0.1, -0.05) is 0 Å². The molecule has 0 aromatic carbocycles. The van der Waals surface area contributed by atoms with Crippen molar-refractivity contribution in [3.05, 3.63) is 0 Å². The molecule has 0 aromatic heterocycles. The molecule has 0 rings (SSSR count). The van der Waals surface area contributed by atoms with Crippen LogP contribution in [-0.2, 0) is 17.1 Å². The van der Waals surface area contributed by atoms with Gasteiger partial charge in [-0.25, -0.2) is 0 Å².